The highest BCUT2D eigenvalue weighted by Gasteiger charge is 2.28. The molecule has 4 amide bonds. The maximum Gasteiger partial charge on any atom is 0.324 e. The Morgan fingerprint density at radius 3 is 2.71 bits per heavy atom. The Hall–Kier alpha value is -3.16. The summed E-state index contributed by atoms with van der Waals surface area (Å²) in [5.74, 6) is -0.229. The maximum absolute atomic E-state index is 12.5. The van der Waals surface area contributed by atoms with E-state index in [-0.39, 0.29) is 30.8 Å². The van der Waals surface area contributed by atoms with E-state index in [1.54, 1.807) is 24.3 Å². The Balaban J connectivity index is 1.56. The highest BCUT2D eigenvalue weighted by molar-refractivity contribution is 6.02. The highest BCUT2D eigenvalue weighted by atomic mass is 16.2. The predicted molar refractivity (Wildman–Crippen MR) is 104 cm³/mol. The van der Waals surface area contributed by atoms with Gasteiger partial charge in [-0.2, -0.15) is 5.10 Å². The first kappa shape index (κ1) is 19.6. The van der Waals surface area contributed by atoms with E-state index in [0.717, 1.165) is 28.4 Å². The third-order valence-corrected chi connectivity index (χ3v) is 4.67. The Kier molecular flexibility index (Phi) is 5.77. The van der Waals surface area contributed by atoms with Crippen molar-refractivity contribution in [1.82, 2.24) is 25.3 Å². The molecule has 1 fully saturated rings. The Morgan fingerprint density at radius 1 is 1.29 bits per heavy atom. The van der Waals surface area contributed by atoms with Gasteiger partial charge in [0.1, 0.15) is 0 Å². The van der Waals surface area contributed by atoms with Crippen molar-refractivity contribution >= 4 is 17.8 Å². The van der Waals surface area contributed by atoms with Crippen LogP contribution in [0.25, 0.3) is 0 Å². The van der Waals surface area contributed by atoms with Gasteiger partial charge in [0.05, 0.1) is 18.8 Å². The molecule has 1 atom stereocenters. The second-order valence-corrected chi connectivity index (χ2v) is 7.26. The fourth-order valence-corrected chi connectivity index (χ4v) is 3.20. The summed E-state index contributed by atoms with van der Waals surface area (Å²) in [4.78, 5) is 37.0. The molecule has 2 N–H and O–H groups in total. The number of carbonyl (C=O) groups excluding carboxylic acids is 3. The fourth-order valence-electron chi connectivity index (χ4n) is 3.20. The first-order valence-corrected chi connectivity index (χ1v) is 9.30. The number of imide groups is 1. The molecule has 2 aromatic rings. The van der Waals surface area contributed by atoms with Crippen LogP contribution in [0.15, 0.2) is 30.3 Å². The zero-order valence-electron chi connectivity index (χ0n) is 16.4. The molecule has 0 spiro atoms. The van der Waals surface area contributed by atoms with Crippen LogP contribution in [0.5, 0.6) is 0 Å². The van der Waals surface area contributed by atoms with E-state index in [1.807, 2.05) is 24.6 Å². The molecular formula is C20H25N5O3. The molecule has 0 saturated carbocycles. The van der Waals surface area contributed by atoms with Gasteiger partial charge in [0, 0.05) is 24.3 Å². The average molecular weight is 383 g/mol. The van der Waals surface area contributed by atoms with Gasteiger partial charge in [0.2, 0.25) is 5.91 Å². The SMILES string of the molecule is Cc1cc(C)n(CC(C)CNC(=O)c2cccc(CN3C(=O)CNC3=O)c2)n1. The largest absolute Gasteiger partial charge is 0.352 e. The van der Waals surface area contributed by atoms with Crippen molar-refractivity contribution in [3.05, 3.63) is 52.8 Å². The second-order valence-electron chi connectivity index (χ2n) is 7.26. The van der Waals surface area contributed by atoms with Gasteiger partial charge in [0.15, 0.2) is 0 Å². The molecule has 8 heteroatoms. The Morgan fingerprint density at radius 2 is 2.07 bits per heavy atom. The van der Waals surface area contributed by atoms with Crippen LogP contribution in [0, 0.1) is 19.8 Å². The minimum atomic E-state index is -0.405. The number of carbonyl (C=O) groups is 3. The van der Waals surface area contributed by atoms with Gasteiger partial charge in [-0.05, 0) is 43.5 Å². The summed E-state index contributed by atoms with van der Waals surface area (Å²) < 4.78 is 1.95. The van der Waals surface area contributed by atoms with Gasteiger partial charge in [-0.15, -0.1) is 0 Å². The van der Waals surface area contributed by atoms with Gasteiger partial charge < -0.3 is 10.6 Å². The molecule has 2 heterocycles. The van der Waals surface area contributed by atoms with Crippen molar-refractivity contribution in [2.24, 2.45) is 5.92 Å². The minimum absolute atomic E-state index is 0.0200. The van der Waals surface area contributed by atoms with Crippen LogP contribution in [0.3, 0.4) is 0 Å². The van der Waals surface area contributed by atoms with Crippen molar-refractivity contribution in [1.29, 1.82) is 0 Å². The highest BCUT2D eigenvalue weighted by Crippen LogP contribution is 2.12. The molecule has 1 aromatic heterocycles. The zero-order chi connectivity index (χ0) is 20.3. The van der Waals surface area contributed by atoms with E-state index in [9.17, 15) is 14.4 Å². The van der Waals surface area contributed by atoms with Crippen LogP contribution in [0.4, 0.5) is 4.79 Å². The van der Waals surface area contributed by atoms with Crippen LogP contribution >= 0.6 is 0 Å². The standard InChI is InChI=1S/C20H25N5O3/c1-13(11-25-15(3)7-14(2)23-25)9-21-19(27)17-6-4-5-16(8-17)12-24-18(26)10-22-20(24)28/h4-8,13H,9-12H2,1-3H3,(H,21,27)(H,22,28). The molecule has 0 bridgehead atoms. The number of aryl methyl sites for hydroxylation is 2. The average Bonchev–Trinajstić information content (AvgIpc) is 3.14. The van der Waals surface area contributed by atoms with E-state index in [1.165, 1.54) is 0 Å². The normalized spacial score (nSPS) is 14.9. The monoisotopic (exact) mass is 383 g/mol. The lowest BCUT2D eigenvalue weighted by Crippen LogP contribution is -2.31. The third-order valence-electron chi connectivity index (χ3n) is 4.67. The minimum Gasteiger partial charge on any atom is -0.352 e. The van der Waals surface area contributed by atoms with E-state index in [4.69, 9.17) is 0 Å². The smallest absolute Gasteiger partial charge is 0.324 e. The van der Waals surface area contributed by atoms with Crippen LogP contribution in [-0.2, 0) is 17.9 Å². The number of nitrogens with one attached hydrogen (secondary N) is 2. The third kappa shape index (κ3) is 4.57. The van der Waals surface area contributed by atoms with Crippen molar-refractivity contribution in [2.45, 2.75) is 33.9 Å². The van der Waals surface area contributed by atoms with Crippen molar-refractivity contribution in [3.8, 4) is 0 Å². The Bertz CT molecular complexity index is 889. The molecule has 1 aliphatic heterocycles. The quantitative estimate of drug-likeness (QED) is 0.710. The fraction of sp³-hybridized carbons (Fsp3) is 0.400. The van der Waals surface area contributed by atoms with E-state index in [2.05, 4.69) is 22.7 Å². The summed E-state index contributed by atoms with van der Waals surface area (Å²) in [5, 5.41) is 9.88. The topological polar surface area (TPSA) is 96.3 Å². The van der Waals surface area contributed by atoms with Crippen LogP contribution in [0.2, 0.25) is 0 Å². The van der Waals surface area contributed by atoms with Gasteiger partial charge >= 0.3 is 6.03 Å². The number of amides is 4. The van der Waals surface area contributed by atoms with Crippen molar-refractivity contribution < 1.29 is 14.4 Å². The lowest BCUT2D eigenvalue weighted by molar-refractivity contribution is -0.125. The molecule has 1 aromatic carbocycles. The molecule has 8 nitrogen and oxygen atoms in total. The first-order valence-electron chi connectivity index (χ1n) is 9.30. The molecule has 3 rings (SSSR count). The molecule has 28 heavy (non-hydrogen) atoms. The summed E-state index contributed by atoms with van der Waals surface area (Å²) in [6.45, 7) is 7.46. The number of rotatable bonds is 7. The van der Waals surface area contributed by atoms with Crippen LogP contribution in [-0.4, -0.2) is 45.6 Å². The van der Waals surface area contributed by atoms with Gasteiger partial charge in [0.25, 0.3) is 5.91 Å². The van der Waals surface area contributed by atoms with Gasteiger partial charge in [-0.25, -0.2) is 4.79 Å². The number of hydrogen-bond acceptors (Lipinski definition) is 4. The lowest BCUT2D eigenvalue weighted by Gasteiger charge is -2.15. The predicted octanol–water partition coefficient (Wildman–Crippen LogP) is 1.62. The molecule has 1 saturated heterocycles. The first-order chi connectivity index (χ1) is 13.3. The van der Waals surface area contributed by atoms with E-state index >= 15 is 0 Å². The summed E-state index contributed by atoms with van der Waals surface area (Å²) in [6.07, 6.45) is 0. The van der Waals surface area contributed by atoms with Gasteiger partial charge in [-0.1, -0.05) is 19.1 Å². The molecule has 148 valence electrons. The number of urea groups is 1. The van der Waals surface area contributed by atoms with Crippen molar-refractivity contribution in [2.75, 3.05) is 13.1 Å². The molecule has 0 radical (unpaired) electrons. The number of benzene rings is 1. The summed E-state index contributed by atoms with van der Waals surface area (Å²) in [6, 6.07) is 8.60. The van der Waals surface area contributed by atoms with Crippen LogP contribution < -0.4 is 10.6 Å². The van der Waals surface area contributed by atoms with E-state index in [0.29, 0.717) is 12.1 Å². The van der Waals surface area contributed by atoms with Crippen molar-refractivity contribution in [3.63, 3.8) is 0 Å². The zero-order valence-corrected chi connectivity index (χ0v) is 16.4. The summed E-state index contributed by atoms with van der Waals surface area (Å²) in [7, 11) is 0. The molecule has 1 aliphatic rings. The second kappa shape index (κ2) is 8.24. The Labute approximate surface area is 163 Å². The lowest BCUT2D eigenvalue weighted by atomic mass is 10.1. The maximum atomic E-state index is 12.5. The molecular weight excluding hydrogens is 358 g/mol. The molecule has 1 unspecified atom stereocenters. The number of aromatic nitrogens is 2. The van der Waals surface area contributed by atoms with Crippen LogP contribution in [0.1, 0.15) is 34.2 Å². The summed E-state index contributed by atoms with van der Waals surface area (Å²) in [5.41, 5.74) is 3.32. The summed E-state index contributed by atoms with van der Waals surface area (Å²) >= 11 is 0. The van der Waals surface area contributed by atoms with Gasteiger partial charge in [-0.3, -0.25) is 19.2 Å². The molecule has 0 aliphatic carbocycles. The number of hydrogen-bond donors (Lipinski definition) is 2. The van der Waals surface area contributed by atoms with E-state index < -0.39 is 6.03 Å². The number of nitrogens with zero attached hydrogens (tertiary/aromatic N) is 3.